The van der Waals surface area contributed by atoms with Crippen LogP contribution in [0.2, 0.25) is 5.02 Å². The van der Waals surface area contributed by atoms with Gasteiger partial charge in [0.15, 0.2) is 0 Å². The molecule has 0 unspecified atom stereocenters. The van der Waals surface area contributed by atoms with Crippen LogP contribution < -0.4 is 5.32 Å². The Hall–Kier alpha value is -3.11. The quantitative estimate of drug-likeness (QED) is 0.519. The van der Waals surface area contributed by atoms with Crippen LogP contribution in [0.15, 0.2) is 67.0 Å². The van der Waals surface area contributed by atoms with Crippen molar-refractivity contribution in [2.45, 2.75) is 20.4 Å². The standard InChI is InChI=1S/C23H20ClN3O/c1-15-6-5-9-21(16(15)2)27-14-26-20-12-17(10-11-22(20)27)23(28)25-13-18-7-3-4-8-19(18)24/h3-12,14H,13H2,1-2H3,(H,25,28). The summed E-state index contributed by atoms with van der Waals surface area (Å²) in [5.74, 6) is -0.150. The van der Waals surface area contributed by atoms with E-state index in [2.05, 4.69) is 40.8 Å². The fraction of sp³-hybridized carbons (Fsp3) is 0.130. The van der Waals surface area contributed by atoms with E-state index < -0.39 is 0 Å². The molecule has 5 heteroatoms. The number of hydrogen-bond donors (Lipinski definition) is 1. The molecule has 1 aromatic heterocycles. The third kappa shape index (κ3) is 3.39. The van der Waals surface area contributed by atoms with Crippen LogP contribution in [-0.4, -0.2) is 15.5 Å². The number of aromatic nitrogens is 2. The number of nitrogens with one attached hydrogen (secondary N) is 1. The van der Waals surface area contributed by atoms with Crippen LogP contribution in [0.1, 0.15) is 27.0 Å². The van der Waals surface area contributed by atoms with Crippen molar-refractivity contribution in [2.24, 2.45) is 0 Å². The highest BCUT2D eigenvalue weighted by molar-refractivity contribution is 6.31. The van der Waals surface area contributed by atoms with E-state index in [0.717, 1.165) is 22.3 Å². The van der Waals surface area contributed by atoms with Gasteiger partial charge in [-0.25, -0.2) is 4.98 Å². The van der Waals surface area contributed by atoms with Crippen LogP contribution in [0.4, 0.5) is 0 Å². The van der Waals surface area contributed by atoms with Crippen LogP contribution in [0.3, 0.4) is 0 Å². The number of amides is 1. The molecule has 4 aromatic rings. The zero-order valence-electron chi connectivity index (χ0n) is 15.7. The van der Waals surface area contributed by atoms with Crippen molar-refractivity contribution in [3.8, 4) is 5.69 Å². The molecule has 0 spiro atoms. The minimum atomic E-state index is -0.150. The molecular formula is C23H20ClN3O. The number of fused-ring (bicyclic) bond motifs is 1. The lowest BCUT2D eigenvalue weighted by atomic mass is 10.1. The smallest absolute Gasteiger partial charge is 0.251 e. The van der Waals surface area contributed by atoms with Gasteiger partial charge in [-0.3, -0.25) is 9.36 Å². The van der Waals surface area contributed by atoms with Crippen molar-refractivity contribution in [1.82, 2.24) is 14.9 Å². The van der Waals surface area contributed by atoms with Gasteiger partial charge in [-0.1, -0.05) is 41.9 Å². The van der Waals surface area contributed by atoms with Gasteiger partial charge < -0.3 is 5.32 Å². The fourth-order valence-corrected chi connectivity index (χ4v) is 3.46. The first-order valence-corrected chi connectivity index (χ1v) is 9.47. The van der Waals surface area contributed by atoms with E-state index in [1.54, 1.807) is 6.33 Å². The lowest BCUT2D eigenvalue weighted by Gasteiger charge is -2.11. The summed E-state index contributed by atoms with van der Waals surface area (Å²) < 4.78 is 2.06. The highest BCUT2D eigenvalue weighted by Gasteiger charge is 2.12. The number of carbonyl (C=O) groups excluding carboxylic acids is 1. The third-order valence-corrected chi connectivity index (χ3v) is 5.41. The molecule has 0 atom stereocenters. The number of hydrogen-bond acceptors (Lipinski definition) is 2. The molecule has 0 bridgehead atoms. The van der Waals surface area contributed by atoms with E-state index in [1.807, 2.05) is 48.5 Å². The Morgan fingerprint density at radius 1 is 1.07 bits per heavy atom. The number of rotatable bonds is 4. The molecule has 0 aliphatic heterocycles. The highest BCUT2D eigenvalue weighted by Crippen LogP contribution is 2.23. The third-order valence-electron chi connectivity index (χ3n) is 5.04. The summed E-state index contributed by atoms with van der Waals surface area (Å²) >= 11 is 6.15. The summed E-state index contributed by atoms with van der Waals surface area (Å²) in [6.45, 7) is 4.58. The van der Waals surface area contributed by atoms with Gasteiger partial charge in [0.2, 0.25) is 0 Å². The van der Waals surface area contributed by atoms with E-state index in [-0.39, 0.29) is 5.91 Å². The van der Waals surface area contributed by atoms with E-state index in [0.29, 0.717) is 17.1 Å². The van der Waals surface area contributed by atoms with Gasteiger partial charge in [-0.05, 0) is 60.9 Å². The first kappa shape index (κ1) is 18.3. The maximum atomic E-state index is 12.6. The molecule has 4 rings (SSSR count). The summed E-state index contributed by atoms with van der Waals surface area (Å²) in [6, 6.07) is 19.3. The second-order valence-corrected chi connectivity index (χ2v) is 7.22. The molecule has 140 valence electrons. The number of imidazole rings is 1. The molecule has 1 heterocycles. The first-order valence-electron chi connectivity index (χ1n) is 9.10. The van der Waals surface area contributed by atoms with E-state index in [9.17, 15) is 4.79 Å². The largest absolute Gasteiger partial charge is 0.348 e. The Morgan fingerprint density at radius 3 is 2.71 bits per heavy atom. The SMILES string of the molecule is Cc1cccc(-n2cnc3cc(C(=O)NCc4ccccc4Cl)ccc32)c1C. The lowest BCUT2D eigenvalue weighted by molar-refractivity contribution is 0.0951. The second kappa shape index (κ2) is 7.49. The Kier molecular flexibility index (Phi) is 4.88. The molecule has 0 radical (unpaired) electrons. The normalized spacial score (nSPS) is 11.0. The number of carbonyl (C=O) groups is 1. The van der Waals surface area contributed by atoms with Crippen molar-refractivity contribution in [3.63, 3.8) is 0 Å². The summed E-state index contributed by atoms with van der Waals surface area (Å²) in [6.07, 6.45) is 1.80. The summed E-state index contributed by atoms with van der Waals surface area (Å²) in [5, 5.41) is 3.56. The molecule has 0 fully saturated rings. The predicted octanol–water partition coefficient (Wildman–Crippen LogP) is 5.23. The lowest BCUT2D eigenvalue weighted by Crippen LogP contribution is -2.22. The molecule has 0 aliphatic rings. The maximum Gasteiger partial charge on any atom is 0.251 e. The van der Waals surface area contributed by atoms with Crippen molar-refractivity contribution >= 4 is 28.5 Å². The molecule has 0 aliphatic carbocycles. The zero-order chi connectivity index (χ0) is 19.7. The van der Waals surface area contributed by atoms with Crippen LogP contribution in [0, 0.1) is 13.8 Å². The maximum absolute atomic E-state index is 12.6. The predicted molar refractivity (Wildman–Crippen MR) is 113 cm³/mol. The van der Waals surface area contributed by atoms with E-state index in [4.69, 9.17) is 11.6 Å². The average Bonchev–Trinajstić information content (AvgIpc) is 3.12. The Labute approximate surface area is 168 Å². The molecule has 0 saturated carbocycles. The van der Waals surface area contributed by atoms with Gasteiger partial charge in [-0.15, -0.1) is 0 Å². The Bertz CT molecular complexity index is 1180. The minimum absolute atomic E-state index is 0.150. The Morgan fingerprint density at radius 2 is 1.89 bits per heavy atom. The molecule has 28 heavy (non-hydrogen) atoms. The number of benzene rings is 3. The Balaban J connectivity index is 1.60. The van der Waals surface area contributed by atoms with Gasteiger partial charge in [0, 0.05) is 17.1 Å². The second-order valence-electron chi connectivity index (χ2n) is 6.81. The monoisotopic (exact) mass is 389 g/mol. The van der Waals surface area contributed by atoms with Crippen molar-refractivity contribution < 1.29 is 4.79 Å². The van der Waals surface area contributed by atoms with Crippen LogP contribution >= 0.6 is 11.6 Å². The zero-order valence-corrected chi connectivity index (χ0v) is 16.5. The van der Waals surface area contributed by atoms with Crippen LogP contribution in [0.5, 0.6) is 0 Å². The van der Waals surface area contributed by atoms with Gasteiger partial charge >= 0.3 is 0 Å². The molecule has 1 N–H and O–H groups in total. The molecule has 3 aromatic carbocycles. The van der Waals surface area contributed by atoms with Crippen molar-refractivity contribution in [2.75, 3.05) is 0 Å². The fourth-order valence-electron chi connectivity index (χ4n) is 3.26. The number of halogens is 1. The molecule has 1 amide bonds. The van der Waals surface area contributed by atoms with E-state index >= 15 is 0 Å². The summed E-state index contributed by atoms with van der Waals surface area (Å²) in [5.41, 5.74) is 6.75. The first-order chi connectivity index (χ1) is 13.5. The number of nitrogens with zero attached hydrogens (tertiary/aromatic N) is 2. The van der Waals surface area contributed by atoms with Crippen LogP contribution in [0.25, 0.3) is 16.7 Å². The van der Waals surface area contributed by atoms with Gasteiger partial charge in [-0.2, -0.15) is 0 Å². The number of aryl methyl sites for hydroxylation is 1. The average molecular weight is 390 g/mol. The van der Waals surface area contributed by atoms with Crippen molar-refractivity contribution in [3.05, 3.63) is 94.3 Å². The van der Waals surface area contributed by atoms with Crippen molar-refractivity contribution in [1.29, 1.82) is 0 Å². The molecule has 4 nitrogen and oxygen atoms in total. The van der Waals surface area contributed by atoms with Gasteiger partial charge in [0.05, 0.1) is 16.7 Å². The van der Waals surface area contributed by atoms with Gasteiger partial charge in [0.25, 0.3) is 5.91 Å². The minimum Gasteiger partial charge on any atom is -0.348 e. The summed E-state index contributed by atoms with van der Waals surface area (Å²) in [7, 11) is 0. The highest BCUT2D eigenvalue weighted by atomic mass is 35.5. The topological polar surface area (TPSA) is 46.9 Å². The van der Waals surface area contributed by atoms with E-state index in [1.165, 1.54) is 11.1 Å². The van der Waals surface area contributed by atoms with Gasteiger partial charge in [0.1, 0.15) is 6.33 Å². The molecule has 0 saturated heterocycles. The van der Waals surface area contributed by atoms with Crippen LogP contribution in [-0.2, 0) is 6.54 Å². The summed E-state index contributed by atoms with van der Waals surface area (Å²) in [4.78, 5) is 17.1. The molecular weight excluding hydrogens is 370 g/mol.